The highest BCUT2D eigenvalue weighted by Crippen LogP contribution is 2.27. The molecule has 0 aliphatic carbocycles. The third-order valence-electron chi connectivity index (χ3n) is 2.50. The Balaban J connectivity index is 2.95. The van der Waals surface area contributed by atoms with Gasteiger partial charge in [-0.05, 0) is 20.4 Å². The van der Waals surface area contributed by atoms with Gasteiger partial charge in [0, 0.05) is 6.26 Å². The van der Waals surface area contributed by atoms with Gasteiger partial charge in [0.1, 0.15) is 15.3 Å². The van der Waals surface area contributed by atoms with E-state index in [-0.39, 0.29) is 6.04 Å². The van der Waals surface area contributed by atoms with Crippen LogP contribution in [0.5, 0.6) is 0 Å². The standard InChI is InChI=1S/C9H17N3O2S2/c1-5-7(10-3)9-12-11-8(15-9)6(2)16(4,13)14/h6-7,10H,5H2,1-4H3. The van der Waals surface area contributed by atoms with E-state index in [1.807, 2.05) is 14.0 Å². The molecule has 92 valence electrons. The second-order valence-electron chi connectivity index (χ2n) is 3.70. The first-order valence-electron chi connectivity index (χ1n) is 5.09. The lowest BCUT2D eigenvalue weighted by Gasteiger charge is -2.08. The molecular formula is C9H17N3O2S2. The summed E-state index contributed by atoms with van der Waals surface area (Å²) in [4.78, 5) is 0. The first-order chi connectivity index (χ1) is 7.40. The second-order valence-corrected chi connectivity index (χ2v) is 7.11. The average molecular weight is 263 g/mol. The molecule has 0 fully saturated rings. The largest absolute Gasteiger partial charge is 0.311 e. The fourth-order valence-corrected chi connectivity index (χ4v) is 3.29. The maximum absolute atomic E-state index is 11.4. The summed E-state index contributed by atoms with van der Waals surface area (Å²) in [7, 11) is -1.24. The Morgan fingerprint density at radius 2 is 1.94 bits per heavy atom. The van der Waals surface area contributed by atoms with Crippen LogP contribution in [-0.2, 0) is 9.84 Å². The lowest BCUT2D eigenvalue weighted by molar-refractivity contribution is 0.568. The van der Waals surface area contributed by atoms with Crippen LogP contribution in [-0.4, -0.2) is 31.9 Å². The Bertz CT molecular complexity index is 437. The fraction of sp³-hybridized carbons (Fsp3) is 0.778. The van der Waals surface area contributed by atoms with Crippen molar-refractivity contribution in [1.82, 2.24) is 15.5 Å². The van der Waals surface area contributed by atoms with Crippen LogP contribution in [0.4, 0.5) is 0 Å². The van der Waals surface area contributed by atoms with Gasteiger partial charge in [0.15, 0.2) is 9.84 Å². The molecule has 0 radical (unpaired) electrons. The van der Waals surface area contributed by atoms with Crippen LogP contribution in [0, 0.1) is 0 Å². The predicted molar refractivity (Wildman–Crippen MR) is 65.3 cm³/mol. The fourth-order valence-electron chi connectivity index (χ4n) is 1.24. The minimum atomic E-state index is -3.09. The highest BCUT2D eigenvalue weighted by Gasteiger charge is 2.23. The third kappa shape index (κ3) is 2.99. The molecule has 0 aliphatic rings. The quantitative estimate of drug-likeness (QED) is 0.867. The highest BCUT2D eigenvalue weighted by molar-refractivity contribution is 7.91. The molecule has 1 rings (SSSR count). The Hall–Kier alpha value is -0.530. The smallest absolute Gasteiger partial charge is 0.156 e. The third-order valence-corrected chi connectivity index (χ3v) is 5.38. The molecule has 0 amide bonds. The Kier molecular flexibility index (Phi) is 4.40. The zero-order valence-corrected chi connectivity index (χ0v) is 11.5. The van der Waals surface area contributed by atoms with E-state index < -0.39 is 15.1 Å². The average Bonchev–Trinajstić information content (AvgIpc) is 2.66. The van der Waals surface area contributed by atoms with Crippen LogP contribution >= 0.6 is 11.3 Å². The van der Waals surface area contributed by atoms with Crippen LogP contribution in [0.2, 0.25) is 0 Å². The van der Waals surface area contributed by atoms with Crippen LogP contribution in [0.1, 0.15) is 41.6 Å². The summed E-state index contributed by atoms with van der Waals surface area (Å²) in [6, 6.07) is 0.151. The number of nitrogens with zero attached hydrogens (tertiary/aromatic N) is 2. The van der Waals surface area contributed by atoms with Crippen molar-refractivity contribution >= 4 is 21.2 Å². The van der Waals surface area contributed by atoms with Crippen molar-refractivity contribution in [1.29, 1.82) is 0 Å². The van der Waals surface area contributed by atoms with Crippen LogP contribution in [0.3, 0.4) is 0 Å². The summed E-state index contributed by atoms with van der Waals surface area (Å²) < 4.78 is 22.7. The van der Waals surface area contributed by atoms with Gasteiger partial charge >= 0.3 is 0 Å². The van der Waals surface area contributed by atoms with Crippen LogP contribution in [0.15, 0.2) is 0 Å². The van der Waals surface area contributed by atoms with Gasteiger partial charge in [0.2, 0.25) is 0 Å². The van der Waals surface area contributed by atoms with Gasteiger partial charge in [0.05, 0.1) is 6.04 Å². The molecule has 0 saturated heterocycles. The molecule has 0 spiro atoms. The minimum Gasteiger partial charge on any atom is -0.311 e. The molecule has 0 saturated carbocycles. The van der Waals surface area contributed by atoms with E-state index in [9.17, 15) is 8.42 Å². The maximum Gasteiger partial charge on any atom is 0.156 e. The van der Waals surface area contributed by atoms with Crippen LogP contribution < -0.4 is 5.32 Å². The molecule has 1 N–H and O–H groups in total. The normalized spacial score (nSPS) is 16.0. The van der Waals surface area contributed by atoms with E-state index in [0.29, 0.717) is 5.01 Å². The van der Waals surface area contributed by atoms with E-state index in [4.69, 9.17) is 0 Å². The number of nitrogens with one attached hydrogen (secondary N) is 1. The van der Waals surface area contributed by atoms with Gasteiger partial charge in [-0.3, -0.25) is 0 Å². The SMILES string of the molecule is CCC(NC)c1nnc(C(C)S(C)(=O)=O)s1. The predicted octanol–water partition coefficient (Wildman–Crippen LogP) is 1.31. The van der Waals surface area contributed by atoms with Crippen LogP contribution in [0.25, 0.3) is 0 Å². The molecule has 1 heterocycles. The van der Waals surface area contributed by atoms with Crippen molar-refractivity contribution in [2.75, 3.05) is 13.3 Å². The van der Waals surface area contributed by atoms with Crippen molar-refractivity contribution in [3.05, 3.63) is 10.0 Å². The molecule has 2 unspecified atom stereocenters. The lowest BCUT2D eigenvalue weighted by Crippen LogP contribution is -2.14. The first kappa shape index (κ1) is 13.5. The van der Waals surface area contributed by atoms with E-state index in [1.54, 1.807) is 6.92 Å². The molecule has 7 heteroatoms. The molecular weight excluding hydrogens is 246 g/mol. The highest BCUT2D eigenvalue weighted by atomic mass is 32.2. The van der Waals surface area contributed by atoms with E-state index in [0.717, 1.165) is 11.4 Å². The van der Waals surface area contributed by atoms with Crippen molar-refractivity contribution in [2.24, 2.45) is 0 Å². The zero-order valence-electron chi connectivity index (χ0n) is 9.89. The summed E-state index contributed by atoms with van der Waals surface area (Å²) in [5.41, 5.74) is 0. The summed E-state index contributed by atoms with van der Waals surface area (Å²) in [6.07, 6.45) is 2.12. The molecule has 0 bridgehead atoms. The van der Waals surface area contributed by atoms with Gasteiger partial charge in [-0.25, -0.2) is 8.42 Å². The van der Waals surface area contributed by atoms with Gasteiger partial charge in [-0.15, -0.1) is 10.2 Å². The molecule has 16 heavy (non-hydrogen) atoms. The van der Waals surface area contributed by atoms with E-state index in [2.05, 4.69) is 15.5 Å². The number of hydrogen-bond donors (Lipinski definition) is 1. The molecule has 1 aromatic rings. The first-order valence-corrected chi connectivity index (χ1v) is 7.86. The molecule has 1 aromatic heterocycles. The van der Waals surface area contributed by atoms with Gasteiger partial charge in [0.25, 0.3) is 0 Å². The topological polar surface area (TPSA) is 72.0 Å². The molecule has 5 nitrogen and oxygen atoms in total. The maximum atomic E-state index is 11.4. The molecule has 0 aliphatic heterocycles. The molecule has 2 atom stereocenters. The van der Waals surface area contributed by atoms with Gasteiger partial charge in [-0.1, -0.05) is 18.3 Å². The summed E-state index contributed by atoms with van der Waals surface area (Å²) in [5, 5.41) is 11.9. The van der Waals surface area contributed by atoms with Crippen molar-refractivity contribution < 1.29 is 8.42 Å². The van der Waals surface area contributed by atoms with Crippen molar-refractivity contribution in [3.63, 3.8) is 0 Å². The second kappa shape index (κ2) is 5.20. The minimum absolute atomic E-state index is 0.151. The summed E-state index contributed by atoms with van der Waals surface area (Å²) in [5.74, 6) is 0. The van der Waals surface area contributed by atoms with Gasteiger partial charge < -0.3 is 5.32 Å². The van der Waals surface area contributed by atoms with E-state index >= 15 is 0 Å². The van der Waals surface area contributed by atoms with E-state index in [1.165, 1.54) is 17.6 Å². The number of hydrogen-bond acceptors (Lipinski definition) is 6. The number of aromatic nitrogens is 2. The Labute approximate surface area is 100 Å². The summed E-state index contributed by atoms with van der Waals surface area (Å²) in [6.45, 7) is 3.68. The Morgan fingerprint density at radius 3 is 2.38 bits per heavy atom. The monoisotopic (exact) mass is 263 g/mol. The number of sulfone groups is 1. The van der Waals surface area contributed by atoms with Crippen molar-refractivity contribution in [2.45, 2.75) is 31.6 Å². The molecule has 0 aromatic carbocycles. The number of rotatable bonds is 5. The zero-order chi connectivity index (χ0) is 12.3. The summed E-state index contributed by atoms with van der Waals surface area (Å²) >= 11 is 1.36. The Morgan fingerprint density at radius 1 is 1.38 bits per heavy atom. The lowest BCUT2D eigenvalue weighted by atomic mass is 10.2. The van der Waals surface area contributed by atoms with Gasteiger partial charge in [-0.2, -0.15) is 0 Å². The van der Waals surface area contributed by atoms with Crippen molar-refractivity contribution in [3.8, 4) is 0 Å².